The van der Waals surface area contributed by atoms with Crippen LogP contribution in [0.1, 0.15) is 44.9 Å². The molecule has 3 heterocycles. The van der Waals surface area contributed by atoms with Gasteiger partial charge in [0, 0.05) is 50.1 Å². The quantitative estimate of drug-likeness (QED) is 0.553. The van der Waals surface area contributed by atoms with Crippen molar-refractivity contribution >= 4 is 39.6 Å². The minimum Gasteiger partial charge on any atom is -0.356 e. The molecule has 3 N–H and O–H groups in total. The van der Waals surface area contributed by atoms with Gasteiger partial charge in [0.15, 0.2) is 0 Å². The molecule has 152 valence electrons. The van der Waals surface area contributed by atoms with Crippen molar-refractivity contribution in [1.29, 1.82) is 0 Å². The van der Waals surface area contributed by atoms with Crippen LogP contribution in [-0.4, -0.2) is 65.8 Å². The summed E-state index contributed by atoms with van der Waals surface area (Å²) in [7, 11) is 0. The molecule has 27 heavy (non-hydrogen) atoms. The zero-order valence-electron chi connectivity index (χ0n) is 15.9. The number of halogens is 2. The van der Waals surface area contributed by atoms with Crippen molar-refractivity contribution in [2.24, 2.45) is 21.8 Å². The number of fused-ring (bicyclic) bond motifs is 1. The summed E-state index contributed by atoms with van der Waals surface area (Å²) in [5, 5.41) is 10.1. The highest BCUT2D eigenvalue weighted by atomic mass is 79.9. The first-order chi connectivity index (χ1) is 13.2. The molecule has 3 fully saturated rings. The van der Waals surface area contributed by atoms with Gasteiger partial charge >= 0.3 is 0 Å². The van der Waals surface area contributed by atoms with Gasteiger partial charge in [0.25, 0.3) is 0 Å². The van der Waals surface area contributed by atoms with E-state index in [2.05, 4.69) is 48.2 Å². The summed E-state index contributed by atoms with van der Waals surface area (Å²) in [6.07, 6.45) is 10.7. The molecule has 0 spiro atoms. The van der Waals surface area contributed by atoms with Gasteiger partial charge in [-0.25, -0.2) is 5.01 Å². The van der Waals surface area contributed by atoms with E-state index in [1.54, 1.807) is 0 Å². The SMILES string of the molecule is ClC1CCC(CN=C2CC(NCC3C=NCCC3)N3NCC(Br)C3N2)CC1. The first-order valence-electron chi connectivity index (χ1n) is 10.5. The van der Waals surface area contributed by atoms with Crippen LogP contribution in [0, 0.1) is 11.8 Å². The number of rotatable bonds is 5. The highest BCUT2D eigenvalue weighted by Gasteiger charge is 2.41. The fourth-order valence-corrected chi connectivity index (χ4v) is 5.35. The summed E-state index contributed by atoms with van der Waals surface area (Å²) in [5.41, 5.74) is 3.54. The smallest absolute Gasteiger partial charge is 0.109 e. The molecular formula is C19H32BrClN6. The number of amidine groups is 1. The Kier molecular flexibility index (Phi) is 7.08. The maximum atomic E-state index is 6.24. The topological polar surface area (TPSA) is 64.0 Å². The summed E-state index contributed by atoms with van der Waals surface area (Å²) >= 11 is 10.1. The Labute approximate surface area is 176 Å². The van der Waals surface area contributed by atoms with Crippen LogP contribution in [-0.2, 0) is 0 Å². The number of aliphatic imine (C=N–C) groups is 2. The third-order valence-electron chi connectivity index (χ3n) is 6.26. The Morgan fingerprint density at radius 2 is 2.15 bits per heavy atom. The molecule has 4 aliphatic rings. The van der Waals surface area contributed by atoms with E-state index in [9.17, 15) is 0 Å². The largest absolute Gasteiger partial charge is 0.356 e. The van der Waals surface area contributed by atoms with E-state index in [0.717, 1.165) is 51.3 Å². The standard InChI is InChI=1S/C19H32BrClN6/c20-16-12-25-27-18(24-11-14-2-1-7-22-9-14)8-17(26-19(16)27)23-10-13-3-5-15(21)6-4-13/h9,13-16,18-19,24-25H,1-8,10-12H2,(H,23,26). The Balaban J connectivity index is 1.35. The molecule has 0 aromatic rings. The molecule has 6 nitrogen and oxygen atoms in total. The second kappa shape index (κ2) is 9.53. The lowest BCUT2D eigenvalue weighted by atomic mass is 9.89. The second-order valence-corrected chi connectivity index (χ2v) is 10.2. The number of hydrogen-bond donors (Lipinski definition) is 3. The second-order valence-electron chi connectivity index (χ2n) is 8.37. The van der Waals surface area contributed by atoms with Crippen LogP contribution >= 0.6 is 27.5 Å². The molecule has 4 rings (SSSR count). The van der Waals surface area contributed by atoms with Gasteiger partial charge in [-0.15, -0.1) is 11.6 Å². The lowest BCUT2D eigenvalue weighted by Crippen LogP contribution is -2.64. The minimum absolute atomic E-state index is 0.244. The van der Waals surface area contributed by atoms with E-state index in [-0.39, 0.29) is 12.3 Å². The average molecular weight is 460 g/mol. The van der Waals surface area contributed by atoms with Gasteiger partial charge in [0.1, 0.15) is 12.0 Å². The summed E-state index contributed by atoms with van der Waals surface area (Å²) in [5.74, 6) is 2.39. The number of nitrogens with one attached hydrogen (secondary N) is 3. The fraction of sp³-hybridized carbons (Fsp3) is 0.895. The highest BCUT2D eigenvalue weighted by molar-refractivity contribution is 9.09. The van der Waals surface area contributed by atoms with E-state index < -0.39 is 0 Å². The zero-order chi connectivity index (χ0) is 18.6. The maximum Gasteiger partial charge on any atom is 0.109 e. The summed E-state index contributed by atoms with van der Waals surface area (Å²) in [6, 6.07) is 0. The van der Waals surface area contributed by atoms with Crippen LogP contribution in [0.3, 0.4) is 0 Å². The molecule has 4 unspecified atom stereocenters. The van der Waals surface area contributed by atoms with E-state index in [0.29, 0.717) is 22.0 Å². The molecule has 0 aromatic heterocycles. The van der Waals surface area contributed by atoms with Crippen molar-refractivity contribution in [1.82, 2.24) is 21.1 Å². The van der Waals surface area contributed by atoms with Crippen molar-refractivity contribution < 1.29 is 0 Å². The van der Waals surface area contributed by atoms with Gasteiger partial charge in [-0.3, -0.25) is 20.7 Å². The zero-order valence-corrected chi connectivity index (χ0v) is 18.3. The van der Waals surface area contributed by atoms with Gasteiger partial charge in [-0.2, -0.15) is 0 Å². The summed E-state index contributed by atoms with van der Waals surface area (Å²) in [6.45, 7) is 3.85. The highest BCUT2D eigenvalue weighted by Crippen LogP contribution is 2.28. The van der Waals surface area contributed by atoms with Gasteiger partial charge < -0.3 is 5.32 Å². The van der Waals surface area contributed by atoms with Gasteiger partial charge in [-0.1, -0.05) is 15.9 Å². The van der Waals surface area contributed by atoms with Crippen LogP contribution < -0.4 is 16.1 Å². The van der Waals surface area contributed by atoms with E-state index >= 15 is 0 Å². The van der Waals surface area contributed by atoms with Crippen LogP contribution in [0.25, 0.3) is 0 Å². The van der Waals surface area contributed by atoms with Crippen molar-refractivity contribution in [2.45, 2.75) is 67.5 Å². The molecule has 8 heteroatoms. The van der Waals surface area contributed by atoms with Gasteiger partial charge in [0.2, 0.25) is 0 Å². The number of hydrogen-bond acceptors (Lipinski definition) is 5. The number of alkyl halides is 2. The molecule has 0 amide bonds. The molecule has 3 aliphatic heterocycles. The Bertz CT molecular complexity index is 550. The van der Waals surface area contributed by atoms with E-state index in [1.165, 1.54) is 25.7 Å². The van der Waals surface area contributed by atoms with Crippen LogP contribution in [0.15, 0.2) is 9.98 Å². The van der Waals surface area contributed by atoms with Crippen LogP contribution in [0.5, 0.6) is 0 Å². The number of nitrogens with zero attached hydrogens (tertiary/aromatic N) is 3. The molecule has 2 saturated heterocycles. The monoisotopic (exact) mass is 458 g/mol. The first kappa shape index (κ1) is 20.1. The average Bonchev–Trinajstić information content (AvgIpc) is 3.07. The van der Waals surface area contributed by atoms with Crippen molar-refractivity contribution in [3.8, 4) is 0 Å². The predicted octanol–water partition coefficient (Wildman–Crippen LogP) is 2.48. The predicted molar refractivity (Wildman–Crippen MR) is 116 cm³/mol. The summed E-state index contributed by atoms with van der Waals surface area (Å²) < 4.78 is 0. The van der Waals surface area contributed by atoms with Crippen molar-refractivity contribution in [2.75, 3.05) is 26.2 Å². The Hall–Kier alpha value is -0.210. The molecular weight excluding hydrogens is 428 g/mol. The minimum atomic E-state index is 0.244. The fourth-order valence-electron chi connectivity index (χ4n) is 4.56. The lowest BCUT2D eigenvalue weighted by molar-refractivity contribution is 0.0767. The third kappa shape index (κ3) is 5.24. The molecule has 0 radical (unpaired) electrons. The first-order valence-corrected chi connectivity index (χ1v) is 11.9. The van der Waals surface area contributed by atoms with Gasteiger partial charge in [-0.05, 0) is 44.4 Å². The molecule has 1 aliphatic carbocycles. The van der Waals surface area contributed by atoms with E-state index in [1.807, 2.05) is 0 Å². The Morgan fingerprint density at radius 1 is 1.30 bits per heavy atom. The van der Waals surface area contributed by atoms with Gasteiger partial charge in [0.05, 0.1) is 11.0 Å². The number of hydrazine groups is 1. The molecule has 0 aromatic carbocycles. The lowest BCUT2D eigenvalue weighted by Gasteiger charge is -2.40. The summed E-state index contributed by atoms with van der Waals surface area (Å²) in [4.78, 5) is 9.83. The third-order valence-corrected chi connectivity index (χ3v) is 7.52. The van der Waals surface area contributed by atoms with Crippen LogP contribution in [0.2, 0.25) is 0 Å². The normalized spacial score (nSPS) is 41.5. The molecule has 4 atom stereocenters. The van der Waals surface area contributed by atoms with Crippen LogP contribution in [0.4, 0.5) is 0 Å². The van der Waals surface area contributed by atoms with E-state index in [4.69, 9.17) is 16.6 Å². The maximum absolute atomic E-state index is 6.24. The Morgan fingerprint density at radius 3 is 2.93 bits per heavy atom. The molecule has 1 saturated carbocycles. The molecule has 0 bridgehead atoms. The van der Waals surface area contributed by atoms with Crippen molar-refractivity contribution in [3.63, 3.8) is 0 Å². The van der Waals surface area contributed by atoms with Crippen molar-refractivity contribution in [3.05, 3.63) is 0 Å².